The summed E-state index contributed by atoms with van der Waals surface area (Å²) in [5.41, 5.74) is 5.75. The summed E-state index contributed by atoms with van der Waals surface area (Å²) in [6.07, 6.45) is 2.33. The number of ether oxygens (including phenoxy) is 2. The van der Waals surface area contributed by atoms with Gasteiger partial charge in [-0.3, -0.25) is 0 Å². The van der Waals surface area contributed by atoms with E-state index in [1.54, 1.807) is 6.08 Å². The van der Waals surface area contributed by atoms with E-state index >= 15 is 0 Å². The van der Waals surface area contributed by atoms with Gasteiger partial charge in [0.1, 0.15) is 18.1 Å². The van der Waals surface area contributed by atoms with E-state index in [1.807, 2.05) is 36.4 Å². The van der Waals surface area contributed by atoms with E-state index in [-0.39, 0.29) is 12.3 Å². The van der Waals surface area contributed by atoms with Crippen molar-refractivity contribution in [3.05, 3.63) is 108 Å². The Bertz CT molecular complexity index is 1090. The molecule has 3 aromatic rings. The molecule has 0 aliphatic carbocycles. The summed E-state index contributed by atoms with van der Waals surface area (Å²) in [7, 11) is 0. The Labute approximate surface area is 177 Å². The Morgan fingerprint density at radius 2 is 1.83 bits per heavy atom. The Kier molecular flexibility index (Phi) is 4.75. The van der Waals surface area contributed by atoms with Gasteiger partial charge in [0.15, 0.2) is 0 Å². The van der Waals surface area contributed by atoms with Crippen molar-refractivity contribution >= 4 is 5.71 Å². The van der Waals surface area contributed by atoms with Gasteiger partial charge < -0.3 is 9.47 Å². The van der Waals surface area contributed by atoms with Crippen molar-refractivity contribution in [1.29, 1.82) is 0 Å². The van der Waals surface area contributed by atoms with E-state index in [0.717, 1.165) is 29.2 Å². The fourth-order valence-electron chi connectivity index (χ4n) is 4.06. The first-order valence-electron chi connectivity index (χ1n) is 10.2. The lowest BCUT2D eigenvalue weighted by atomic mass is 9.95. The van der Waals surface area contributed by atoms with Gasteiger partial charge in [-0.05, 0) is 42.8 Å². The van der Waals surface area contributed by atoms with E-state index in [2.05, 4.69) is 54.9 Å². The van der Waals surface area contributed by atoms with Crippen molar-refractivity contribution in [1.82, 2.24) is 5.01 Å². The molecule has 2 atom stereocenters. The molecule has 2 heterocycles. The Morgan fingerprint density at radius 3 is 2.60 bits per heavy atom. The predicted molar refractivity (Wildman–Crippen MR) is 119 cm³/mol. The summed E-state index contributed by atoms with van der Waals surface area (Å²) in [4.78, 5) is 0. The maximum Gasteiger partial charge on any atom is 0.213 e. The van der Waals surface area contributed by atoms with Crippen LogP contribution in [0.25, 0.3) is 0 Å². The van der Waals surface area contributed by atoms with Crippen molar-refractivity contribution in [2.24, 2.45) is 5.10 Å². The van der Waals surface area contributed by atoms with E-state index < -0.39 is 0 Å². The van der Waals surface area contributed by atoms with Gasteiger partial charge in [-0.15, -0.1) is 0 Å². The van der Waals surface area contributed by atoms with Crippen LogP contribution in [0.2, 0.25) is 0 Å². The molecule has 0 unspecified atom stereocenters. The van der Waals surface area contributed by atoms with Crippen LogP contribution in [-0.2, 0) is 0 Å². The van der Waals surface area contributed by atoms with Crippen molar-refractivity contribution < 1.29 is 9.47 Å². The van der Waals surface area contributed by atoms with Gasteiger partial charge in [-0.2, -0.15) is 5.10 Å². The number of hydrogen-bond acceptors (Lipinski definition) is 4. The molecule has 0 saturated heterocycles. The zero-order valence-electron chi connectivity index (χ0n) is 17.0. The minimum Gasteiger partial charge on any atom is -0.490 e. The Balaban J connectivity index is 1.51. The third kappa shape index (κ3) is 3.35. The number of nitrogens with zero attached hydrogens (tertiary/aromatic N) is 2. The minimum atomic E-state index is -0.277. The van der Waals surface area contributed by atoms with Crippen LogP contribution in [0.4, 0.5) is 0 Å². The van der Waals surface area contributed by atoms with Crippen molar-refractivity contribution in [2.45, 2.75) is 25.6 Å². The van der Waals surface area contributed by atoms with Crippen LogP contribution in [0.15, 0.2) is 90.6 Å². The summed E-state index contributed by atoms with van der Waals surface area (Å²) in [6, 6.07) is 25.1. The molecule has 4 nitrogen and oxygen atoms in total. The van der Waals surface area contributed by atoms with Crippen LogP contribution in [0.5, 0.6) is 11.5 Å². The Hall–Kier alpha value is -3.53. The maximum absolute atomic E-state index is 6.42. The molecular weight excluding hydrogens is 372 g/mol. The molecule has 0 spiro atoms. The quantitative estimate of drug-likeness (QED) is 0.511. The van der Waals surface area contributed by atoms with Crippen LogP contribution < -0.4 is 9.47 Å². The lowest BCUT2D eigenvalue weighted by molar-refractivity contribution is -0.0190. The van der Waals surface area contributed by atoms with Gasteiger partial charge in [0.25, 0.3) is 0 Å². The van der Waals surface area contributed by atoms with Gasteiger partial charge in [0.2, 0.25) is 6.23 Å². The molecular formula is C26H24N2O2. The van der Waals surface area contributed by atoms with Crippen molar-refractivity contribution in [3.8, 4) is 11.5 Å². The fraction of sp³-hybridized carbons (Fsp3) is 0.192. The predicted octanol–water partition coefficient (Wildman–Crippen LogP) is 5.80. The molecule has 5 rings (SSSR count). The maximum atomic E-state index is 6.42. The van der Waals surface area contributed by atoms with E-state index in [0.29, 0.717) is 6.61 Å². The largest absolute Gasteiger partial charge is 0.490 e. The number of para-hydroxylation sites is 1. The molecule has 30 heavy (non-hydrogen) atoms. The summed E-state index contributed by atoms with van der Waals surface area (Å²) in [5.74, 6) is 1.74. The minimum absolute atomic E-state index is 0.160. The second kappa shape index (κ2) is 7.71. The number of hydrogen-bond donors (Lipinski definition) is 0. The molecule has 0 amide bonds. The van der Waals surface area contributed by atoms with E-state index in [9.17, 15) is 0 Å². The summed E-state index contributed by atoms with van der Waals surface area (Å²) < 4.78 is 12.0. The van der Waals surface area contributed by atoms with Gasteiger partial charge in [0.05, 0.1) is 11.8 Å². The highest BCUT2D eigenvalue weighted by molar-refractivity contribution is 6.02. The third-order valence-corrected chi connectivity index (χ3v) is 5.62. The monoisotopic (exact) mass is 396 g/mol. The first-order chi connectivity index (χ1) is 14.7. The van der Waals surface area contributed by atoms with Gasteiger partial charge in [0, 0.05) is 17.5 Å². The Morgan fingerprint density at radius 1 is 1.07 bits per heavy atom. The summed E-state index contributed by atoms with van der Waals surface area (Å²) >= 11 is 0. The van der Waals surface area contributed by atoms with E-state index in [4.69, 9.17) is 14.6 Å². The lowest BCUT2D eigenvalue weighted by Gasteiger charge is -2.38. The highest BCUT2D eigenvalue weighted by Crippen LogP contribution is 2.47. The number of fused-ring (bicyclic) bond motifs is 3. The second-order valence-corrected chi connectivity index (χ2v) is 7.69. The molecule has 0 fully saturated rings. The first kappa shape index (κ1) is 18.5. The molecule has 3 aromatic carbocycles. The SMILES string of the molecule is C=CCOc1ccc([C@@H]2Oc3ccccc3[C@H]3CC(c4ccc(C)cc4)=NN32)cc1. The molecule has 150 valence electrons. The zero-order valence-corrected chi connectivity index (χ0v) is 17.0. The first-order valence-corrected chi connectivity index (χ1v) is 10.2. The normalized spacial score (nSPS) is 19.4. The standard InChI is InChI=1S/C26H24N2O2/c1-3-16-29-21-14-12-20(13-15-21)26-28-24(22-6-4-5-7-25(22)30-26)17-23(27-28)19-10-8-18(2)9-11-19/h3-15,24,26H,1,16-17H2,2H3/t24-,26+/m1/s1. The molecule has 0 N–H and O–H groups in total. The molecule has 0 bridgehead atoms. The molecule has 2 aliphatic heterocycles. The topological polar surface area (TPSA) is 34.1 Å². The van der Waals surface area contributed by atoms with Gasteiger partial charge in [-0.25, -0.2) is 5.01 Å². The summed E-state index contributed by atoms with van der Waals surface area (Å²) in [6.45, 7) is 6.29. The fourth-order valence-corrected chi connectivity index (χ4v) is 4.06. The van der Waals surface area contributed by atoms with Crippen LogP contribution >= 0.6 is 0 Å². The van der Waals surface area contributed by atoms with Crippen LogP contribution in [-0.4, -0.2) is 17.3 Å². The van der Waals surface area contributed by atoms with Crippen molar-refractivity contribution in [3.63, 3.8) is 0 Å². The molecule has 4 heteroatoms. The average Bonchev–Trinajstić information content (AvgIpc) is 3.24. The highest BCUT2D eigenvalue weighted by Gasteiger charge is 2.40. The van der Waals surface area contributed by atoms with Gasteiger partial charge >= 0.3 is 0 Å². The number of aryl methyl sites for hydroxylation is 1. The van der Waals surface area contributed by atoms with Crippen LogP contribution in [0.1, 0.15) is 40.9 Å². The summed E-state index contributed by atoms with van der Waals surface area (Å²) in [5, 5.41) is 7.13. The van der Waals surface area contributed by atoms with Crippen molar-refractivity contribution in [2.75, 3.05) is 6.61 Å². The number of benzene rings is 3. The highest BCUT2D eigenvalue weighted by atomic mass is 16.5. The zero-order chi connectivity index (χ0) is 20.5. The van der Waals surface area contributed by atoms with Crippen LogP contribution in [0, 0.1) is 6.92 Å². The molecule has 0 saturated carbocycles. The average molecular weight is 396 g/mol. The molecule has 0 radical (unpaired) electrons. The van der Waals surface area contributed by atoms with Gasteiger partial charge in [-0.1, -0.05) is 60.7 Å². The molecule has 2 aliphatic rings. The number of hydrazone groups is 1. The lowest BCUT2D eigenvalue weighted by Crippen LogP contribution is -2.33. The van der Waals surface area contributed by atoms with Crippen LogP contribution in [0.3, 0.4) is 0 Å². The number of rotatable bonds is 5. The third-order valence-electron chi connectivity index (χ3n) is 5.62. The molecule has 0 aromatic heterocycles. The van der Waals surface area contributed by atoms with E-state index in [1.165, 1.54) is 16.7 Å². The second-order valence-electron chi connectivity index (χ2n) is 7.69. The smallest absolute Gasteiger partial charge is 0.213 e.